The Bertz CT molecular complexity index is 1010. The molecule has 1 heterocycles. The number of hydrogen-bond donors (Lipinski definition) is 1. The second-order valence-electron chi connectivity index (χ2n) is 7.18. The summed E-state index contributed by atoms with van der Waals surface area (Å²) in [5.74, 6) is 1.68. The molecule has 1 aromatic heterocycles. The van der Waals surface area contributed by atoms with Crippen molar-refractivity contribution in [1.29, 1.82) is 0 Å². The van der Waals surface area contributed by atoms with E-state index in [1.54, 1.807) is 21.3 Å². The van der Waals surface area contributed by atoms with Gasteiger partial charge in [-0.1, -0.05) is 24.3 Å². The first kappa shape index (κ1) is 20.2. The summed E-state index contributed by atoms with van der Waals surface area (Å²) in [6.45, 7) is 0. The maximum Gasteiger partial charge on any atom is 0.226 e. The summed E-state index contributed by atoms with van der Waals surface area (Å²) >= 11 is 1.49. The molecule has 0 aliphatic heterocycles. The molecule has 30 heavy (non-hydrogen) atoms. The van der Waals surface area contributed by atoms with Gasteiger partial charge in [0, 0.05) is 17.0 Å². The van der Waals surface area contributed by atoms with E-state index in [9.17, 15) is 4.79 Å². The molecule has 0 saturated carbocycles. The van der Waals surface area contributed by atoms with Crippen molar-refractivity contribution >= 4 is 17.2 Å². The Hall–Kier alpha value is -3.06. The molecule has 0 atom stereocenters. The van der Waals surface area contributed by atoms with Crippen molar-refractivity contribution in [2.45, 2.75) is 25.3 Å². The van der Waals surface area contributed by atoms with Crippen LogP contribution in [0.1, 0.15) is 16.8 Å². The molecule has 1 amide bonds. The van der Waals surface area contributed by atoms with E-state index in [2.05, 4.69) is 22.4 Å². The van der Waals surface area contributed by atoms with Crippen LogP contribution >= 0.6 is 11.3 Å². The number of thiazole rings is 1. The highest BCUT2D eigenvalue weighted by Gasteiger charge is 2.23. The summed E-state index contributed by atoms with van der Waals surface area (Å²) in [6.07, 6.45) is 2.03. The van der Waals surface area contributed by atoms with E-state index in [-0.39, 0.29) is 18.4 Å². The van der Waals surface area contributed by atoms with Crippen LogP contribution in [0.3, 0.4) is 0 Å². The Balaban J connectivity index is 1.44. The van der Waals surface area contributed by atoms with Crippen LogP contribution in [0, 0.1) is 0 Å². The van der Waals surface area contributed by atoms with Crippen LogP contribution < -0.4 is 19.5 Å². The van der Waals surface area contributed by atoms with Crippen molar-refractivity contribution in [3.8, 4) is 27.8 Å². The van der Waals surface area contributed by atoms with E-state index >= 15 is 0 Å². The third-order valence-electron chi connectivity index (χ3n) is 5.22. The highest BCUT2D eigenvalue weighted by atomic mass is 32.1. The second-order valence-corrected chi connectivity index (χ2v) is 8.03. The zero-order valence-electron chi connectivity index (χ0n) is 17.2. The first-order valence-corrected chi connectivity index (χ1v) is 10.6. The number of methoxy groups -OCH3 is 3. The molecule has 6 nitrogen and oxygen atoms in total. The Morgan fingerprint density at radius 3 is 2.27 bits per heavy atom. The first-order chi connectivity index (χ1) is 14.6. The van der Waals surface area contributed by atoms with Crippen LogP contribution in [0.25, 0.3) is 10.6 Å². The minimum atomic E-state index is -0.00505. The minimum absolute atomic E-state index is 0.00505. The highest BCUT2D eigenvalue weighted by molar-refractivity contribution is 7.13. The van der Waals surface area contributed by atoms with Crippen LogP contribution in [-0.4, -0.2) is 38.3 Å². The van der Waals surface area contributed by atoms with Crippen LogP contribution in [0.2, 0.25) is 0 Å². The van der Waals surface area contributed by atoms with Crippen LogP contribution in [-0.2, 0) is 24.1 Å². The van der Waals surface area contributed by atoms with Gasteiger partial charge in [0.2, 0.25) is 11.7 Å². The lowest BCUT2D eigenvalue weighted by atomic mass is 10.1. The molecule has 156 valence electrons. The smallest absolute Gasteiger partial charge is 0.226 e. The quantitative estimate of drug-likeness (QED) is 0.627. The van der Waals surface area contributed by atoms with Crippen LogP contribution in [0.4, 0.5) is 0 Å². The fourth-order valence-electron chi connectivity index (χ4n) is 3.83. The number of nitrogens with zero attached hydrogens (tertiary/aromatic N) is 1. The van der Waals surface area contributed by atoms with Gasteiger partial charge in [-0.3, -0.25) is 4.79 Å². The summed E-state index contributed by atoms with van der Waals surface area (Å²) in [6, 6.07) is 12.2. The Morgan fingerprint density at radius 2 is 1.70 bits per heavy atom. The predicted octanol–water partition coefficient (Wildman–Crippen LogP) is 3.66. The average Bonchev–Trinajstić information content (AvgIpc) is 3.38. The summed E-state index contributed by atoms with van der Waals surface area (Å²) in [4.78, 5) is 17.2. The summed E-state index contributed by atoms with van der Waals surface area (Å²) in [5.41, 5.74) is 4.24. The number of rotatable bonds is 7. The largest absolute Gasteiger partial charge is 0.493 e. The number of carbonyl (C=O) groups is 1. The molecule has 2 aromatic carbocycles. The van der Waals surface area contributed by atoms with Gasteiger partial charge in [0.05, 0.1) is 33.4 Å². The van der Waals surface area contributed by atoms with Gasteiger partial charge in [-0.2, -0.15) is 0 Å². The van der Waals surface area contributed by atoms with Crippen molar-refractivity contribution in [1.82, 2.24) is 10.3 Å². The Morgan fingerprint density at radius 1 is 1.07 bits per heavy atom. The molecule has 0 radical (unpaired) electrons. The number of carbonyl (C=O) groups excluding carboxylic acids is 1. The maximum absolute atomic E-state index is 12.5. The lowest BCUT2D eigenvalue weighted by molar-refractivity contribution is -0.121. The van der Waals surface area contributed by atoms with Gasteiger partial charge in [-0.15, -0.1) is 11.3 Å². The first-order valence-electron chi connectivity index (χ1n) is 9.72. The van der Waals surface area contributed by atoms with Gasteiger partial charge in [-0.05, 0) is 36.1 Å². The number of benzene rings is 2. The number of fused-ring (bicyclic) bond motifs is 1. The number of nitrogens with one attached hydrogen (secondary N) is 1. The lowest BCUT2D eigenvalue weighted by Crippen LogP contribution is -2.36. The van der Waals surface area contributed by atoms with Gasteiger partial charge in [0.15, 0.2) is 11.5 Å². The van der Waals surface area contributed by atoms with Gasteiger partial charge in [0.25, 0.3) is 0 Å². The molecule has 4 rings (SSSR count). The maximum atomic E-state index is 12.5. The molecular formula is C23H24N2O4S. The fourth-order valence-corrected chi connectivity index (χ4v) is 4.64. The monoisotopic (exact) mass is 424 g/mol. The van der Waals surface area contributed by atoms with Crippen molar-refractivity contribution in [2.24, 2.45) is 0 Å². The van der Waals surface area contributed by atoms with Gasteiger partial charge in [0.1, 0.15) is 5.01 Å². The predicted molar refractivity (Wildman–Crippen MR) is 117 cm³/mol. The molecule has 0 spiro atoms. The van der Waals surface area contributed by atoms with E-state index in [1.165, 1.54) is 22.5 Å². The fraction of sp³-hybridized carbons (Fsp3) is 0.304. The molecular weight excluding hydrogens is 400 g/mol. The molecule has 1 aliphatic rings. The van der Waals surface area contributed by atoms with Gasteiger partial charge < -0.3 is 19.5 Å². The molecule has 0 fully saturated rings. The lowest BCUT2D eigenvalue weighted by Gasteiger charge is -2.13. The number of amides is 1. The van der Waals surface area contributed by atoms with E-state index in [0.29, 0.717) is 17.2 Å². The molecule has 7 heteroatoms. The number of hydrogen-bond acceptors (Lipinski definition) is 6. The normalized spacial score (nSPS) is 13.0. The molecule has 1 aliphatic carbocycles. The van der Waals surface area contributed by atoms with E-state index in [0.717, 1.165) is 29.1 Å². The topological polar surface area (TPSA) is 69.7 Å². The van der Waals surface area contributed by atoms with Crippen LogP contribution in [0.15, 0.2) is 41.8 Å². The van der Waals surface area contributed by atoms with E-state index in [1.807, 2.05) is 29.6 Å². The van der Waals surface area contributed by atoms with E-state index < -0.39 is 0 Å². The second kappa shape index (κ2) is 8.75. The summed E-state index contributed by atoms with van der Waals surface area (Å²) in [7, 11) is 4.74. The SMILES string of the molecule is COc1cc(-c2nc(CC(=O)NC3Cc4ccccc4C3)cs2)cc(OC)c1OC. The zero-order valence-corrected chi connectivity index (χ0v) is 18.0. The van der Waals surface area contributed by atoms with E-state index in [4.69, 9.17) is 14.2 Å². The molecule has 1 N–H and O–H groups in total. The molecule has 3 aromatic rings. The third kappa shape index (κ3) is 4.11. The Labute approximate surface area is 179 Å². The van der Waals surface area contributed by atoms with Crippen molar-refractivity contribution in [3.63, 3.8) is 0 Å². The van der Waals surface area contributed by atoms with Crippen molar-refractivity contribution in [3.05, 3.63) is 58.6 Å². The van der Waals surface area contributed by atoms with Gasteiger partial charge >= 0.3 is 0 Å². The third-order valence-corrected chi connectivity index (χ3v) is 6.16. The van der Waals surface area contributed by atoms with Crippen molar-refractivity contribution < 1.29 is 19.0 Å². The summed E-state index contributed by atoms with van der Waals surface area (Å²) < 4.78 is 16.2. The van der Waals surface area contributed by atoms with Crippen LogP contribution in [0.5, 0.6) is 17.2 Å². The number of aromatic nitrogens is 1. The molecule has 0 bridgehead atoms. The summed E-state index contributed by atoms with van der Waals surface area (Å²) in [5, 5.41) is 5.86. The molecule has 0 saturated heterocycles. The number of ether oxygens (including phenoxy) is 3. The average molecular weight is 425 g/mol. The molecule has 0 unspecified atom stereocenters. The van der Waals surface area contributed by atoms with Gasteiger partial charge in [-0.25, -0.2) is 4.98 Å². The highest BCUT2D eigenvalue weighted by Crippen LogP contribution is 2.41. The van der Waals surface area contributed by atoms with Crippen molar-refractivity contribution in [2.75, 3.05) is 21.3 Å². The Kier molecular flexibility index (Phi) is 5.90. The zero-order chi connectivity index (χ0) is 21.1. The standard InChI is InChI=1S/C23H24N2O4S/c1-27-19-10-16(11-20(28-2)22(19)29-3)23-25-18(13-30-23)12-21(26)24-17-8-14-6-4-5-7-15(14)9-17/h4-7,10-11,13,17H,8-9,12H2,1-3H3,(H,24,26). The minimum Gasteiger partial charge on any atom is -0.493 e.